The minimum Gasteiger partial charge on any atom is -0.378 e. The molecule has 1 aliphatic rings. The quantitative estimate of drug-likeness (QED) is 0.738. The number of hydrogen-bond acceptors (Lipinski definition) is 10. The van der Waals surface area contributed by atoms with E-state index in [2.05, 4.69) is 36.0 Å². The summed E-state index contributed by atoms with van der Waals surface area (Å²) in [5.41, 5.74) is 3.20. The summed E-state index contributed by atoms with van der Waals surface area (Å²) in [4.78, 5) is 2.23. The maximum atomic E-state index is 5.40. The monoisotopic (exact) mass is 333 g/mol. The van der Waals surface area contributed by atoms with Crippen molar-refractivity contribution in [3.8, 4) is 0 Å². The summed E-state index contributed by atoms with van der Waals surface area (Å²) in [6, 6.07) is 3.97. The van der Waals surface area contributed by atoms with Crippen LogP contribution in [0.5, 0.6) is 0 Å². The molecule has 0 aliphatic carbocycles. The zero-order valence-electron chi connectivity index (χ0n) is 12.4. The molecule has 1 saturated heterocycles. The molecular formula is C13H15N7O2S. The highest BCUT2D eigenvalue weighted by Gasteiger charge is 2.19. The average molecular weight is 333 g/mol. The molecule has 0 bridgehead atoms. The number of hydrogen-bond donors (Lipinski definition) is 2. The molecule has 2 N–H and O–H groups in total. The number of morpholine rings is 1. The van der Waals surface area contributed by atoms with Gasteiger partial charge < -0.3 is 20.3 Å². The van der Waals surface area contributed by atoms with Gasteiger partial charge in [0.15, 0.2) is 11.0 Å². The van der Waals surface area contributed by atoms with Crippen LogP contribution in [-0.2, 0) is 4.74 Å². The van der Waals surface area contributed by atoms with E-state index in [1.54, 1.807) is 7.05 Å². The van der Waals surface area contributed by atoms with Gasteiger partial charge in [-0.2, -0.15) is 0 Å². The van der Waals surface area contributed by atoms with E-state index in [0.717, 1.165) is 35.1 Å². The van der Waals surface area contributed by atoms with Crippen LogP contribution in [-0.4, -0.2) is 53.9 Å². The van der Waals surface area contributed by atoms with Crippen molar-refractivity contribution in [2.45, 2.75) is 0 Å². The molecule has 23 heavy (non-hydrogen) atoms. The molecule has 9 nitrogen and oxygen atoms in total. The van der Waals surface area contributed by atoms with Crippen molar-refractivity contribution < 1.29 is 9.37 Å². The van der Waals surface area contributed by atoms with Gasteiger partial charge in [0.25, 0.3) is 0 Å². The predicted molar refractivity (Wildman–Crippen MR) is 87.6 cm³/mol. The van der Waals surface area contributed by atoms with Crippen LogP contribution in [0, 0.1) is 0 Å². The van der Waals surface area contributed by atoms with E-state index in [4.69, 9.17) is 9.37 Å². The molecule has 3 heterocycles. The molecule has 1 aromatic carbocycles. The zero-order chi connectivity index (χ0) is 15.6. The van der Waals surface area contributed by atoms with E-state index in [1.165, 1.54) is 11.3 Å². The van der Waals surface area contributed by atoms with Gasteiger partial charge in [-0.3, -0.25) is 0 Å². The molecule has 3 aromatic rings. The summed E-state index contributed by atoms with van der Waals surface area (Å²) in [7, 11) is 1.81. The molecule has 1 fully saturated rings. The SMILES string of the molecule is CNc1nnc(Nc2ccc(N3CCOCC3)c3nonc23)s1. The number of benzene rings is 1. The Morgan fingerprint density at radius 3 is 2.65 bits per heavy atom. The van der Waals surface area contributed by atoms with E-state index in [1.807, 2.05) is 12.1 Å². The van der Waals surface area contributed by atoms with Crippen molar-refractivity contribution in [3.05, 3.63) is 12.1 Å². The van der Waals surface area contributed by atoms with Crippen LogP contribution in [0.15, 0.2) is 16.8 Å². The van der Waals surface area contributed by atoms with Crippen LogP contribution in [0.4, 0.5) is 21.6 Å². The first-order valence-corrected chi connectivity index (χ1v) is 8.03. The Bertz CT molecular complexity index is 812. The van der Waals surface area contributed by atoms with Crippen LogP contribution in [0.3, 0.4) is 0 Å². The van der Waals surface area contributed by atoms with Crippen molar-refractivity contribution in [3.63, 3.8) is 0 Å². The standard InChI is InChI=1S/C13H15N7O2S/c1-14-12-16-17-13(23-12)15-8-2-3-9(11-10(8)18-22-19-11)20-4-6-21-7-5-20/h2-3H,4-7H2,1H3,(H,14,16)(H,15,17). The van der Waals surface area contributed by atoms with E-state index in [0.29, 0.717) is 23.9 Å². The van der Waals surface area contributed by atoms with Gasteiger partial charge in [-0.05, 0) is 22.4 Å². The smallest absolute Gasteiger partial charge is 0.211 e. The van der Waals surface area contributed by atoms with Crippen LogP contribution < -0.4 is 15.5 Å². The summed E-state index contributed by atoms with van der Waals surface area (Å²) in [6.45, 7) is 3.09. The van der Waals surface area contributed by atoms with Gasteiger partial charge in [-0.25, -0.2) is 4.63 Å². The van der Waals surface area contributed by atoms with Gasteiger partial charge in [0, 0.05) is 20.1 Å². The second-order valence-electron chi connectivity index (χ2n) is 4.98. The lowest BCUT2D eigenvalue weighted by atomic mass is 10.2. The molecule has 0 atom stereocenters. The van der Waals surface area contributed by atoms with Gasteiger partial charge in [-0.15, -0.1) is 10.2 Å². The number of fused-ring (bicyclic) bond motifs is 1. The van der Waals surface area contributed by atoms with Crippen molar-refractivity contribution in [2.75, 3.05) is 48.9 Å². The highest BCUT2D eigenvalue weighted by molar-refractivity contribution is 7.19. The Kier molecular flexibility index (Phi) is 3.67. The normalized spacial score (nSPS) is 15.1. The molecule has 4 rings (SSSR count). The fourth-order valence-electron chi connectivity index (χ4n) is 2.50. The average Bonchev–Trinajstić information content (AvgIpc) is 3.25. The Labute approximate surface area is 135 Å². The molecular weight excluding hydrogens is 318 g/mol. The van der Waals surface area contributed by atoms with Crippen molar-refractivity contribution >= 4 is 44.0 Å². The van der Waals surface area contributed by atoms with E-state index >= 15 is 0 Å². The molecule has 0 radical (unpaired) electrons. The number of aromatic nitrogens is 4. The largest absolute Gasteiger partial charge is 0.378 e. The third kappa shape index (κ3) is 2.66. The van der Waals surface area contributed by atoms with Gasteiger partial charge >= 0.3 is 0 Å². The molecule has 0 amide bonds. The van der Waals surface area contributed by atoms with Crippen molar-refractivity contribution in [1.82, 2.24) is 20.5 Å². The number of nitrogens with one attached hydrogen (secondary N) is 2. The third-order valence-corrected chi connectivity index (χ3v) is 4.48. The lowest BCUT2D eigenvalue weighted by Gasteiger charge is -2.28. The van der Waals surface area contributed by atoms with Crippen molar-refractivity contribution in [1.29, 1.82) is 0 Å². The summed E-state index contributed by atoms with van der Waals surface area (Å²) in [6.07, 6.45) is 0. The van der Waals surface area contributed by atoms with E-state index in [-0.39, 0.29) is 0 Å². The summed E-state index contributed by atoms with van der Waals surface area (Å²) in [5.74, 6) is 0. The maximum Gasteiger partial charge on any atom is 0.211 e. The fraction of sp³-hybridized carbons (Fsp3) is 0.385. The first-order valence-electron chi connectivity index (χ1n) is 7.21. The van der Waals surface area contributed by atoms with Gasteiger partial charge in [-0.1, -0.05) is 11.3 Å². The Morgan fingerprint density at radius 2 is 1.87 bits per heavy atom. The minimum absolute atomic E-state index is 0.676. The highest BCUT2D eigenvalue weighted by Crippen LogP contribution is 2.33. The summed E-state index contributed by atoms with van der Waals surface area (Å²) < 4.78 is 10.4. The number of nitrogens with zero attached hydrogens (tertiary/aromatic N) is 5. The Hall–Kier alpha value is -2.46. The molecule has 10 heteroatoms. The third-order valence-electron chi connectivity index (χ3n) is 3.63. The van der Waals surface area contributed by atoms with Crippen LogP contribution in [0.25, 0.3) is 11.0 Å². The lowest BCUT2D eigenvalue weighted by Crippen LogP contribution is -2.36. The summed E-state index contributed by atoms with van der Waals surface area (Å²) in [5, 5.41) is 23.8. The topological polar surface area (TPSA) is 101 Å². The molecule has 120 valence electrons. The molecule has 2 aromatic heterocycles. The highest BCUT2D eigenvalue weighted by atomic mass is 32.1. The van der Waals surface area contributed by atoms with Crippen molar-refractivity contribution in [2.24, 2.45) is 0 Å². The predicted octanol–water partition coefficient (Wildman–Crippen LogP) is 1.70. The van der Waals surface area contributed by atoms with Crippen LogP contribution in [0.2, 0.25) is 0 Å². The van der Waals surface area contributed by atoms with Crippen LogP contribution >= 0.6 is 11.3 Å². The maximum absolute atomic E-state index is 5.40. The van der Waals surface area contributed by atoms with Gasteiger partial charge in [0.2, 0.25) is 10.3 Å². The number of ether oxygens (including phenoxy) is 1. The molecule has 0 unspecified atom stereocenters. The van der Waals surface area contributed by atoms with Gasteiger partial charge in [0.1, 0.15) is 0 Å². The van der Waals surface area contributed by atoms with Crippen LogP contribution in [0.1, 0.15) is 0 Å². The molecule has 1 aliphatic heterocycles. The Morgan fingerprint density at radius 1 is 1.09 bits per heavy atom. The first-order chi connectivity index (χ1) is 11.3. The lowest BCUT2D eigenvalue weighted by molar-refractivity contribution is 0.123. The van der Waals surface area contributed by atoms with E-state index < -0.39 is 0 Å². The minimum atomic E-state index is 0.676. The summed E-state index contributed by atoms with van der Waals surface area (Å²) >= 11 is 1.42. The van der Waals surface area contributed by atoms with E-state index in [9.17, 15) is 0 Å². The molecule has 0 saturated carbocycles. The molecule has 0 spiro atoms. The number of rotatable bonds is 4. The second-order valence-corrected chi connectivity index (χ2v) is 5.96. The second kappa shape index (κ2) is 5.97. The first kappa shape index (κ1) is 14.2. The van der Waals surface area contributed by atoms with Gasteiger partial charge in [0.05, 0.1) is 24.6 Å². The fourth-order valence-corrected chi connectivity index (χ4v) is 3.11. The zero-order valence-corrected chi connectivity index (χ0v) is 13.3. The number of anilines is 4. The Balaban J connectivity index is 1.67.